The summed E-state index contributed by atoms with van der Waals surface area (Å²) < 4.78 is 15.7. The number of carbonyl (C=O) groups excluding carboxylic acids is 2. The van der Waals surface area contributed by atoms with Crippen molar-refractivity contribution in [3.8, 4) is 22.6 Å². The zero-order valence-electron chi connectivity index (χ0n) is 20.5. The average molecular weight is 501 g/mol. The van der Waals surface area contributed by atoms with Crippen LogP contribution in [0.5, 0.6) is 11.5 Å². The number of esters is 1. The highest BCUT2D eigenvalue weighted by atomic mass is 32.2. The van der Waals surface area contributed by atoms with E-state index in [-0.39, 0.29) is 12.3 Å². The van der Waals surface area contributed by atoms with E-state index in [1.807, 2.05) is 54.2 Å². The molecule has 3 rings (SSSR count). The number of hydrogen-bond acceptors (Lipinski definition) is 8. The fourth-order valence-electron chi connectivity index (χ4n) is 4.03. The first-order valence-electron chi connectivity index (χ1n) is 11.4. The van der Waals surface area contributed by atoms with Gasteiger partial charge in [-0.2, -0.15) is 11.8 Å². The van der Waals surface area contributed by atoms with E-state index in [1.54, 1.807) is 14.2 Å². The standard InChI is InChI=1S/C26H32N2O6S/c1-31-20-9-10-21(23(16-20)32-2)18-7-5-17(6-8-18)15-22(26(30)33-3)27-25(29)24(28-34-4)19-11-13-35-14-12-19/h5-10,16,19,22H,11-15H2,1-4H3,(H,27,29)/t22-/m0/s1. The molecular formula is C26H32N2O6S. The largest absolute Gasteiger partial charge is 0.497 e. The number of nitrogens with one attached hydrogen (secondary N) is 1. The second-order valence-corrected chi connectivity index (χ2v) is 9.29. The number of ether oxygens (including phenoxy) is 3. The molecule has 8 nitrogen and oxygen atoms in total. The number of oxime groups is 1. The first-order valence-corrected chi connectivity index (χ1v) is 12.5. The molecule has 1 amide bonds. The van der Waals surface area contributed by atoms with Crippen molar-refractivity contribution in [3.05, 3.63) is 48.0 Å². The van der Waals surface area contributed by atoms with Crippen LogP contribution in [0.2, 0.25) is 0 Å². The van der Waals surface area contributed by atoms with Gasteiger partial charge in [0.15, 0.2) is 0 Å². The van der Waals surface area contributed by atoms with Crippen molar-refractivity contribution in [2.75, 3.05) is 39.9 Å². The zero-order valence-corrected chi connectivity index (χ0v) is 21.4. The van der Waals surface area contributed by atoms with Crippen LogP contribution in [0, 0.1) is 5.92 Å². The molecule has 188 valence electrons. The van der Waals surface area contributed by atoms with Gasteiger partial charge in [0.2, 0.25) is 0 Å². The van der Waals surface area contributed by atoms with Crippen LogP contribution in [0.15, 0.2) is 47.6 Å². The Kier molecular flexibility index (Phi) is 9.84. The minimum Gasteiger partial charge on any atom is -0.497 e. The SMILES string of the molecule is CON=C(C(=O)N[C@@H](Cc1ccc(-c2ccc(OC)cc2OC)cc1)C(=O)OC)C1CCSCC1. The van der Waals surface area contributed by atoms with Gasteiger partial charge in [-0.15, -0.1) is 0 Å². The van der Waals surface area contributed by atoms with Gasteiger partial charge in [-0.3, -0.25) is 4.79 Å². The van der Waals surface area contributed by atoms with Crippen LogP contribution in [-0.4, -0.2) is 63.6 Å². The smallest absolute Gasteiger partial charge is 0.328 e. The van der Waals surface area contributed by atoms with Crippen molar-refractivity contribution in [2.45, 2.75) is 25.3 Å². The van der Waals surface area contributed by atoms with Crippen LogP contribution in [0.3, 0.4) is 0 Å². The second kappa shape index (κ2) is 13.0. The lowest BCUT2D eigenvalue weighted by molar-refractivity contribution is -0.144. The normalized spacial score (nSPS) is 15.1. The molecule has 1 aliphatic rings. The molecule has 1 N–H and O–H groups in total. The van der Waals surface area contributed by atoms with Gasteiger partial charge in [0.25, 0.3) is 5.91 Å². The topological polar surface area (TPSA) is 95.5 Å². The summed E-state index contributed by atoms with van der Waals surface area (Å²) >= 11 is 1.86. The number of benzene rings is 2. The fraction of sp³-hybridized carbons (Fsp3) is 0.423. The van der Waals surface area contributed by atoms with E-state index >= 15 is 0 Å². The number of rotatable bonds is 10. The van der Waals surface area contributed by atoms with Crippen molar-refractivity contribution in [1.82, 2.24) is 5.32 Å². The van der Waals surface area contributed by atoms with Gasteiger partial charge in [0.1, 0.15) is 30.4 Å². The summed E-state index contributed by atoms with van der Waals surface area (Å²) in [6.45, 7) is 0. The summed E-state index contributed by atoms with van der Waals surface area (Å²) in [5, 5.41) is 6.80. The third-order valence-electron chi connectivity index (χ3n) is 5.93. The van der Waals surface area contributed by atoms with Crippen LogP contribution < -0.4 is 14.8 Å². The molecule has 0 aliphatic carbocycles. The highest BCUT2D eigenvalue weighted by Crippen LogP contribution is 2.33. The highest BCUT2D eigenvalue weighted by molar-refractivity contribution is 7.99. The molecule has 1 atom stereocenters. The van der Waals surface area contributed by atoms with Gasteiger partial charge in [0, 0.05) is 24.0 Å². The summed E-state index contributed by atoms with van der Waals surface area (Å²) in [6.07, 6.45) is 1.97. The molecule has 0 saturated carbocycles. The predicted octanol–water partition coefficient (Wildman–Crippen LogP) is 3.72. The minimum atomic E-state index is -0.853. The molecule has 9 heteroatoms. The van der Waals surface area contributed by atoms with Crippen LogP contribution in [-0.2, 0) is 25.6 Å². The van der Waals surface area contributed by atoms with Crippen molar-refractivity contribution in [2.24, 2.45) is 11.1 Å². The number of nitrogens with zero attached hydrogens (tertiary/aromatic N) is 1. The second-order valence-electron chi connectivity index (χ2n) is 8.06. The molecule has 1 heterocycles. The first kappa shape index (κ1) is 26.4. The molecule has 0 bridgehead atoms. The maximum atomic E-state index is 13.1. The molecule has 0 radical (unpaired) electrons. The van der Waals surface area contributed by atoms with Crippen LogP contribution in [0.1, 0.15) is 18.4 Å². The van der Waals surface area contributed by atoms with Gasteiger partial charge >= 0.3 is 5.97 Å². The molecule has 35 heavy (non-hydrogen) atoms. The molecule has 0 unspecified atom stereocenters. The van der Waals surface area contributed by atoms with Crippen molar-refractivity contribution in [1.29, 1.82) is 0 Å². The summed E-state index contributed by atoms with van der Waals surface area (Å²) in [5.41, 5.74) is 3.07. The first-order chi connectivity index (χ1) is 17.0. The summed E-state index contributed by atoms with van der Waals surface area (Å²) in [7, 11) is 5.95. The van der Waals surface area contributed by atoms with Crippen LogP contribution in [0.4, 0.5) is 0 Å². The van der Waals surface area contributed by atoms with Crippen LogP contribution >= 0.6 is 11.8 Å². The molecule has 2 aromatic rings. The fourth-order valence-corrected chi connectivity index (χ4v) is 5.14. The predicted molar refractivity (Wildman–Crippen MR) is 137 cm³/mol. The average Bonchev–Trinajstić information content (AvgIpc) is 2.91. The highest BCUT2D eigenvalue weighted by Gasteiger charge is 2.30. The van der Waals surface area contributed by atoms with E-state index in [1.165, 1.54) is 14.2 Å². The van der Waals surface area contributed by atoms with E-state index in [0.717, 1.165) is 41.0 Å². The Morgan fingerprint density at radius 1 is 1.03 bits per heavy atom. The van der Waals surface area contributed by atoms with Crippen molar-refractivity contribution >= 4 is 29.4 Å². The monoisotopic (exact) mass is 500 g/mol. The van der Waals surface area contributed by atoms with E-state index in [4.69, 9.17) is 19.0 Å². The van der Waals surface area contributed by atoms with Gasteiger partial charge < -0.3 is 24.4 Å². The van der Waals surface area contributed by atoms with Gasteiger partial charge in [-0.05, 0) is 47.6 Å². The van der Waals surface area contributed by atoms with Gasteiger partial charge in [-0.25, -0.2) is 4.79 Å². The Morgan fingerprint density at radius 2 is 1.74 bits per heavy atom. The minimum absolute atomic E-state index is 0.00765. The maximum Gasteiger partial charge on any atom is 0.328 e. The Bertz CT molecular complexity index is 1030. The maximum absolute atomic E-state index is 13.1. The molecule has 2 aromatic carbocycles. The van der Waals surface area contributed by atoms with E-state index in [9.17, 15) is 9.59 Å². The zero-order chi connectivity index (χ0) is 25.2. The molecule has 1 fully saturated rings. The Labute approximate surface area is 210 Å². The summed E-state index contributed by atoms with van der Waals surface area (Å²) in [6, 6.07) is 12.5. The van der Waals surface area contributed by atoms with Crippen LogP contribution in [0.25, 0.3) is 11.1 Å². The lowest BCUT2D eigenvalue weighted by Gasteiger charge is -2.23. The van der Waals surface area contributed by atoms with E-state index in [2.05, 4.69) is 10.5 Å². The molecule has 1 aliphatic heterocycles. The number of amides is 1. The number of thioether (sulfide) groups is 1. The molecule has 0 aromatic heterocycles. The van der Waals surface area contributed by atoms with Crippen molar-refractivity contribution in [3.63, 3.8) is 0 Å². The van der Waals surface area contributed by atoms with E-state index in [0.29, 0.717) is 17.2 Å². The van der Waals surface area contributed by atoms with Gasteiger partial charge in [0.05, 0.1) is 21.3 Å². The van der Waals surface area contributed by atoms with Crippen molar-refractivity contribution < 1.29 is 28.6 Å². The van der Waals surface area contributed by atoms with E-state index < -0.39 is 17.9 Å². The van der Waals surface area contributed by atoms with Gasteiger partial charge in [-0.1, -0.05) is 29.4 Å². The molecule has 0 spiro atoms. The number of carbonyl (C=O) groups is 2. The number of hydrogen-bond donors (Lipinski definition) is 1. The summed E-state index contributed by atoms with van der Waals surface area (Å²) in [4.78, 5) is 30.5. The summed E-state index contributed by atoms with van der Waals surface area (Å²) in [5.74, 6) is 2.42. The third kappa shape index (κ3) is 6.91. The molecular weight excluding hydrogens is 468 g/mol. The quantitative estimate of drug-likeness (QED) is 0.302. The molecule has 1 saturated heterocycles. The third-order valence-corrected chi connectivity index (χ3v) is 6.98. The Morgan fingerprint density at radius 3 is 2.34 bits per heavy atom. The number of methoxy groups -OCH3 is 3. The Balaban J connectivity index is 1.76. The Hall–Kier alpha value is -3.20. The lowest BCUT2D eigenvalue weighted by atomic mass is 9.95. The lowest BCUT2D eigenvalue weighted by Crippen LogP contribution is -2.47.